The number of hydrogen-bond donors (Lipinski definition) is 2. The van der Waals surface area contributed by atoms with Crippen LogP contribution < -0.4 is 10.2 Å². The number of rotatable bonds is 38. The number of carbonyl (C=O) groups is 1. The van der Waals surface area contributed by atoms with Crippen molar-refractivity contribution in [3.63, 3.8) is 0 Å². The summed E-state index contributed by atoms with van der Waals surface area (Å²) in [6, 6.07) is -0.798. The Hall–Kier alpha value is -1.54. The van der Waals surface area contributed by atoms with Crippen LogP contribution in [-0.2, 0) is 18.4 Å². The van der Waals surface area contributed by atoms with Crippen molar-refractivity contribution in [1.29, 1.82) is 0 Å². The Labute approximate surface area is 327 Å². The van der Waals surface area contributed by atoms with Crippen LogP contribution in [0.2, 0.25) is 0 Å². The lowest BCUT2D eigenvalue weighted by Crippen LogP contribution is -2.46. The molecule has 0 saturated carbocycles. The zero-order valence-corrected chi connectivity index (χ0v) is 35.8. The second-order valence-corrected chi connectivity index (χ2v) is 17.1. The molecule has 0 bridgehead atoms. The predicted molar refractivity (Wildman–Crippen MR) is 224 cm³/mol. The summed E-state index contributed by atoms with van der Waals surface area (Å²) in [6.07, 6.45) is 44.4. The molecule has 2 N–H and O–H groups in total. The lowest BCUT2D eigenvalue weighted by Gasteiger charge is -2.30. The molecule has 0 aliphatic rings. The van der Waals surface area contributed by atoms with E-state index in [2.05, 4.69) is 67.8 Å². The molecule has 0 aromatic carbocycles. The minimum absolute atomic E-state index is 0.00975. The van der Waals surface area contributed by atoms with Crippen molar-refractivity contribution in [1.82, 2.24) is 5.32 Å². The number of nitrogens with zero attached hydrogens (tertiary/aromatic N) is 1. The predicted octanol–water partition coefficient (Wildman–Crippen LogP) is 11.1. The first kappa shape index (κ1) is 51.5. The van der Waals surface area contributed by atoms with E-state index in [1.54, 1.807) is 0 Å². The number of amides is 1. The van der Waals surface area contributed by atoms with Crippen LogP contribution in [0.3, 0.4) is 0 Å². The number of aliphatic hydroxyl groups is 1. The van der Waals surface area contributed by atoms with E-state index < -0.39 is 20.0 Å². The average molecular weight is 767 g/mol. The van der Waals surface area contributed by atoms with Crippen LogP contribution in [0, 0.1) is 0 Å². The maximum absolute atomic E-state index is 12.8. The van der Waals surface area contributed by atoms with Gasteiger partial charge in [0.2, 0.25) is 5.91 Å². The van der Waals surface area contributed by atoms with Gasteiger partial charge in [0, 0.05) is 6.42 Å². The highest BCUT2D eigenvalue weighted by atomic mass is 31.2. The second-order valence-electron chi connectivity index (χ2n) is 15.7. The van der Waals surface area contributed by atoms with Crippen molar-refractivity contribution in [2.45, 2.75) is 187 Å². The quantitative estimate of drug-likeness (QED) is 0.0280. The second kappa shape index (κ2) is 36.1. The molecule has 0 spiro atoms. The zero-order chi connectivity index (χ0) is 39.3. The van der Waals surface area contributed by atoms with Crippen LogP contribution in [0.1, 0.15) is 174 Å². The van der Waals surface area contributed by atoms with Crippen LogP contribution in [-0.4, -0.2) is 68.5 Å². The van der Waals surface area contributed by atoms with Crippen molar-refractivity contribution in [2.75, 3.05) is 40.9 Å². The van der Waals surface area contributed by atoms with Gasteiger partial charge in [0.05, 0.1) is 39.9 Å². The lowest BCUT2D eigenvalue weighted by atomic mass is 10.0. The number of carbonyl (C=O) groups excluding carboxylic acids is 1. The largest absolute Gasteiger partial charge is 0.756 e. The van der Waals surface area contributed by atoms with Gasteiger partial charge in [-0.1, -0.05) is 165 Å². The van der Waals surface area contributed by atoms with Crippen LogP contribution in [0.5, 0.6) is 0 Å². The minimum Gasteiger partial charge on any atom is -0.756 e. The van der Waals surface area contributed by atoms with Gasteiger partial charge < -0.3 is 28.8 Å². The summed E-state index contributed by atoms with van der Waals surface area (Å²) >= 11 is 0. The summed E-state index contributed by atoms with van der Waals surface area (Å²) in [5.41, 5.74) is 0. The third-order valence-electron chi connectivity index (χ3n) is 9.33. The molecule has 53 heavy (non-hydrogen) atoms. The number of allylic oxidation sites excluding steroid dienone is 8. The molecule has 0 radical (unpaired) electrons. The van der Waals surface area contributed by atoms with Crippen molar-refractivity contribution >= 4 is 13.7 Å². The average Bonchev–Trinajstić information content (AvgIpc) is 3.10. The minimum atomic E-state index is -4.55. The summed E-state index contributed by atoms with van der Waals surface area (Å²) in [4.78, 5) is 25.1. The smallest absolute Gasteiger partial charge is 0.268 e. The molecule has 9 heteroatoms. The number of aliphatic hydroxyl groups excluding tert-OH is 1. The van der Waals surface area contributed by atoms with Crippen LogP contribution >= 0.6 is 7.82 Å². The SMILES string of the molecule is CC/C=C\C/C=C\C/C=C\C/C=C\CCCCCCCCCCCCCCC(=O)NC(COP(=O)([O-])OCC[N+](C)(C)C)C(O)CCCCCCCC. The van der Waals surface area contributed by atoms with Crippen LogP contribution in [0.25, 0.3) is 0 Å². The topological polar surface area (TPSA) is 108 Å². The van der Waals surface area contributed by atoms with Gasteiger partial charge in [0.15, 0.2) is 0 Å². The van der Waals surface area contributed by atoms with Gasteiger partial charge in [0.1, 0.15) is 13.2 Å². The van der Waals surface area contributed by atoms with Crippen LogP contribution in [0.15, 0.2) is 48.6 Å². The van der Waals surface area contributed by atoms with E-state index in [-0.39, 0.29) is 19.1 Å². The lowest BCUT2D eigenvalue weighted by molar-refractivity contribution is -0.870. The Bertz CT molecular complexity index is 1010. The van der Waals surface area contributed by atoms with Gasteiger partial charge in [-0.2, -0.15) is 0 Å². The van der Waals surface area contributed by atoms with E-state index in [1.165, 1.54) is 83.5 Å². The number of nitrogens with one attached hydrogen (secondary N) is 1. The Morgan fingerprint density at radius 2 is 1.15 bits per heavy atom. The number of likely N-dealkylation sites (N-methyl/N-ethyl adjacent to an activating group) is 1. The number of phosphoric acid groups is 1. The third-order valence-corrected chi connectivity index (χ3v) is 10.3. The van der Waals surface area contributed by atoms with E-state index >= 15 is 0 Å². The summed E-state index contributed by atoms with van der Waals surface area (Å²) < 4.78 is 23.1. The molecule has 0 aliphatic carbocycles. The first-order valence-electron chi connectivity index (χ1n) is 21.5. The van der Waals surface area contributed by atoms with Gasteiger partial charge in [-0.25, -0.2) is 0 Å². The molecule has 0 rings (SSSR count). The fraction of sp³-hybridized carbons (Fsp3) is 0.795. The highest BCUT2D eigenvalue weighted by Crippen LogP contribution is 2.38. The van der Waals surface area contributed by atoms with E-state index in [0.29, 0.717) is 23.9 Å². The zero-order valence-electron chi connectivity index (χ0n) is 35.0. The highest BCUT2D eigenvalue weighted by molar-refractivity contribution is 7.45. The molecule has 1 amide bonds. The molecule has 0 heterocycles. The van der Waals surface area contributed by atoms with Gasteiger partial charge in [0.25, 0.3) is 7.82 Å². The molecule has 3 atom stereocenters. The molecule has 0 aromatic rings. The highest BCUT2D eigenvalue weighted by Gasteiger charge is 2.24. The van der Waals surface area contributed by atoms with Crippen molar-refractivity contribution in [2.24, 2.45) is 0 Å². The molecule has 0 aromatic heterocycles. The Kier molecular flexibility index (Phi) is 35.1. The molecular formula is C44H83N2O6P. The first-order valence-corrected chi connectivity index (χ1v) is 22.9. The van der Waals surface area contributed by atoms with Gasteiger partial charge in [-0.05, 0) is 51.4 Å². The van der Waals surface area contributed by atoms with Crippen molar-refractivity contribution in [3.8, 4) is 0 Å². The fourth-order valence-electron chi connectivity index (χ4n) is 5.91. The van der Waals surface area contributed by atoms with E-state index in [1.807, 2.05) is 21.1 Å². The Morgan fingerprint density at radius 1 is 0.679 bits per heavy atom. The first-order chi connectivity index (χ1) is 25.5. The van der Waals surface area contributed by atoms with E-state index in [9.17, 15) is 19.4 Å². The van der Waals surface area contributed by atoms with Crippen LogP contribution in [0.4, 0.5) is 0 Å². The third kappa shape index (κ3) is 38.5. The number of unbranched alkanes of at least 4 members (excludes halogenated alkanes) is 17. The molecular weight excluding hydrogens is 683 g/mol. The molecule has 310 valence electrons. The standard InChI is InChI=1S/C44H83N2O6P/c1-6-8-10-12-14-15-16-17-18-19-20-21-22-23-24-25-26-27-28-29-30-31-32-34-36-38-44(48)45-42(43(47)37-35-33-13-11-9-7-2)41-52-53(49,50)51-40-39-46(3,4)5/h8,10,14-15,17-18,20-21,42-43,47H,6-7,9,11-13,16,19,22-41H2,1-5H3,(H-,45,48,49,50)/b10-8-,15-14-,18-17-,21-20-. The molecule has 3 unspecified atom stereocenters. The van der Waals surface area contributed by atoms with Crippen molar-refractivity contribution in [3.05, 3.63) is 48.6 Å². The van der Waals surface area contributed by atoms with E-state index in [0.717, 1.165) is 64.2 Å². The summed E-state index contributed by atoms with van der Waals surface area (Å²) in [5.74, 6) is -0.175. The number of hydrogen-bond acceptors (Lipinski definition) is 6. The monoisotopic (exact) mass is 767 g/mol. The number of quaternary nitrogens is 1. The maximum Gasteiger partial charge on any atom is 0.268 e. The summed E-state index contributed by atoms with van der Waals surface area (Å²) in [5, 5.41) is 13.7. The molecule has 0 saturated heterocycles. The normalized spacial score (nSPS) is 14.9. The van der Waals surface area contributed by atoms with Gasteiger partial charge >= 0.3 is 0 Å². The van der Waals surface area contributed by atoms with Crippen molar-refractivity contribution < 1.29 is 32.9 Å². The van der Waals surface area contributed by atoms with E-state index in [4.69, 9.17) is 9.05 Å². The summed E-state index contributed by atoms with van der Waals surface area (Å²) in [6.45, 7) is 4.52. The molecule has 0 aliphatic heterocycles. The number of phosphoric ester groups is 1. The maximum atomic E-state index is 12.8. The van der Waals surface area contributed by atoms with Gasteiger partial charge in [-0.15, -0.1) is 0 Å². The fourth-order valence-corrected chi connectivity index (χ4v) is 6.63. The molecule has 0 fully saturated rings. The Morgan fingerprint density at radius 3 is 1.68 bits per heavy atom. The molecule has 8 nitrogen and oxygen atoms in total. The van der Waals surface area contributed by atoms with Gasteiger partial charge in [-0.3, -0.25) is 9.36 Å². The summed E-state index contributed by atoms with van der Waals surface area (Å²) in [7, 11) is 1.29. The Balaban J connectivity index is 4.07.